The van der Waals surface area contributed by atoms with Gasteiger partial charge in [0.25, 0.3) is 0 Å². The molecule has 3 heterocycles. The quantitative estimate of drug-likeness (QED) is 0.752. The van der Waals surface area contributed by atoms with Gasteiger partial charge in [0.2, 0.25) is 0 Å². The van der Waals surface area contributed by atoms with Crippen LogP contribution in [-0.4, -0.2) is 22.2 Å². The van der Waals surface area contributed by atoms with Crippen molar-refractivity contribution in [2.75, 3.05) is 6.54 Å². The molecular formula is C19H23N3. The molecule has 3 heteroatoms. The minimum absolute atomic E-state index is 0.770. The maximum Gasteiger partial charge on any atom is 0.0839 e. The van der Waals surface area contributed by atoms with Gasteiger partial charge in [-0.15, -0.1) is 0 Å². The van der Waals surface area contributed by atoms with Crippen LogP contribution in [0.1, 0.15) is 43.4 Å². The third-order valence-electron chi connectivity index (χ3n) is 4.36. The molecular weight excluding hydrogens is 270 g/mol. The summed E-state index contributed by atoms with van der Waals surface area (Å²) in [6, 6.07) is 10.3. The normalized spacial score (nSPS) is 18.0. The molecule has 2 aromatic rings. The largest absolute Gasteiger partial charge is 0.287 e. The predicted molar refractivity (Wildman–Crippen MR) is 90.2 cm³/mol. The standard InChI is InChI=1S/C19H23N3/c1(5-16-8-12-20-13-9-16)2-6-17-10-14-22-19(15-17)18-7-3-4-11-21-18/h3-4,7-9,11-13,17H,1-2,5-6,10,14-15H2. The third-order valence-corrected chi connectivity index (χ3v) is 4.36. The van der Waals surface area contributed by atoms with Gasteiger partial charge in [0.15, 0.2) is 0 Å². The maximum atomic E-state index is 4.67. The maximum absolute atomic E-state index is 4.67. The summed E-state index contributed by atoms with van der Waals surface area (Å²) in [5, 5.41) is 0. The smallest absolute Gasteiger partial charge is 0.0839 e. The zero-order chi connectivity index (χ0) is 15.0. The zero-order valence-electron chi connectivity index (χ0n) is 13.0. The molecule has 0 aliphatic carbocycles. The van der Waals surface area contributed by atoms with E-state index in [0.717, 1.165) is 31.0 Å². The van der Waals surface area contributed by atoms with E-state index in [-0.39, 0.29) is 0 Å². The Morgan fingerprint density at radius 2 is 1.91 bits per heavy atom. The third kappa shape index (κ3) is 4.23. The van der Waals surface area contributed by atoms with Crippen molar-refractivity contribution >= 4 is 5.71 Å². The van der Waals surface area contributed by atoms with E-state index in [2.05, 4.69) is 33.2 Å². The van der Waals surface area contributed by atoms with E-state index >= 15 is 0 Å². The first kappa shape index (κ1) is 14.9. The molecule has 0 spiro atoms. The molecule has 1 unspecified atom stereocenters. The number of aliphatic imine (C=N–C) groups is 1. The number of hydrogen-bond donors (Lipinski definition) is 0. The molecule has 0 radical (unpaired) electrons. The van der Waals surface area contributed by atoms with E-state index in [9.17, 15) is 0 Å². The first-order chi connectivity index (χ1) is 10.9. The van der Waals surface area contributed by atoms with Crippen LogP contribution in [0.15, 0.2) is 53.9 Å². The van der Waals surface area contributed by atoms with Crippen LogP contribution in [-0.2, 0) is 6.42 Å². The zero-order valence-corrected chi connectivity index (χ0v) is 13.0. The van der Waals surface area contributed by atoms with Crippen LogP contribution in [0.4, 0.5) is 0 Å². The van der Waals surface area contributed by atoms with Gasteiger partial charge in [-0.05, 0) is 67.9 Å². The van der Waals surface area contributed by atoms with Crippen LogP contribution in [0.3, 0.4) is 0 Å². The summed E-state index contributed by atoms with van der Waals surface area (Å²) in [4.78, 5) is 13.2. The fourth-order valence-electron chi connectivity index (χ4n) is 3.10. The number of aromatic nitrogens is 2. The summed E-state index contributed by atoms with van der Waals surface area (Å²) >= 11 is 0. The Hall–Kier alpha value is -2.03. The highest BCUT2D eigenvalue weighted by atomic mass is 14.8. The summed E-state index contributed by atoms with van der Waals surface area (Å²) in [6.45, 7) is 0.959. The predicted octanol–water partition coefficient (Wildman–Crippen LogP) is 4.09. The lowest BCUT2D eigenvalue weighted by Crippen LogP contribution is -2.18. The minimum atomic E-state index is 0.770. The van der Waals surface area contributed by atoms with Gasteiger partial charge in [0.05, 0.1) is 11.4 Å². The van der Waals surface area contributed by atoms with Crippen molar-refractivity contribution in [3.63, 3.8) is 0 Å². The lowest BCUT2D eigenvalue weighted by Gasteiger charge is -2.21. The molecule has 0 saturated heterocycles. The molecule has 0 amide bonds. The van der Waals surface area contributed by atoms with Gasteiger partial charge in [-0.1, -0.05) is 12.5 Å². The number of aryl methyl sites for hydroxylation is 1. The molecule has 114 valence electrons. The van der Waals surface area contributed by atoms with Crippen LogP contribution in [0.25, 0.3) is 0 Å². The molecule has 1 atom stereocenters. The van der Waals surface area contributed by atoms with Crippen LogP contribution in [0.2, 0.25) is 0 Å². The monoisotopic (exact) mass is 293 g/mol. The number of hydrogen-bond acceptors (Lipinski definition) is 3. The lowest BCUT2D eigenvalue weighted by atomic mass is 9.89. The van der Waals surface area contributed by atoms with Crippen molar-refractivity contribution in [1.29, 1.82) is 0 Å². The highest BCUT2D eigenvalue weighted by Crippen LogP contribution is 2.24. The first-order valence-electron chi connectivity index (χ1n) is 8.25. The van der Waals surface area contributed by atoms with Crippen molar-refractivity contribution in [2.24, 2.45) is 10.9 Å². The Bertz CT molecular complexity index is 593. The van der Waals surface area contributed by atoms with Crippen molar-refractivity contribution in [2.45, 2.75) is 38.5 Å². The molecule has 0 bridgehead atoms. The molecule has 1 aliphatic rings. The molecule has 1 aliphatic heterocycles. The average molecular weight is 293 g/mol. The van der Waals surface area contributed by atoms with Crippen LogP contribution in [0, 0.1) is 5.92 Å². The van der Waals surface area contributed by atoms with Crippen LogP contribution < -0.4 is 0 Å². The molecule has 2 aromatic heterocycles. The van der Waals surface area contributed by atoms with Gasteiger partial charge in [0, 0.05) is 25.1 Å². The Morgan fingerprint density at radius 3 is 2.73 bits per heavy atom. The second kappa shape index (κ2) is 7.83. The second-order valence-corrected chi connectivity index (χ2v) is 6.00. The molecule has 0 fully saturated rings. The molecule has 0 aromatic carbocycles. The van der Waals surface area contributed by atoms with E-state index < -0.39 is 0 Å². The highest BCUT2D eigenvalue weighted by molar-refractivity contribution is 5.99. The Kier molecular flexibility index (Phi) is 5.30. The summed E-state index contributed by atoms with van der Waals surface area (Å²) in [7, 11) is 0. The minimum Gasteiger partial charge on any atom is -0.287 e. The van der Waals surface area contributed by atoms with Gasteiger partial charge in [-0.25, -0.2) is 0 Å². The topological polar surface area (TPSA) is 38.1 Å². The van der Waals surface area contributed by atoms with Crippen molar-refractivity contribution in [3.8, 4) is 0 Å². The molecule has 3 nitrogen and oxygen atoms in total. The number of unbranched alkanes of at least 4 members (excludes halogenated alkanes) is 1. The fourth-order valence-corrected chi connectivity index (χ4v) is 3.10. The number of pyridine rings is 2. The van der Waals surface area contributed by atoms with Crippen molar-refractivity contribution in [3.05, 3.63) is 60.2 Å². The number of rotatable bonds is 6. The Balaban J connectivity index is 1.43. The van der Waals surface area contributed by atoms with E-state index in [0.29, 0.717) is 0 Å². The summed E-state index contributed by atoms with van der Waals surface area (Å²) in [5.41, 5.74) is 3.66. The van der Waals surface area contributed by atoms with Crippen molar-refractivity contribution < 1.29 is 0 Å². The average Bonchev–Trinajstić information content (AvgIpc) is 2.61. The van der Waals surface area contributed by atoms with Gasteiger partial charge in [0.1, 0.15) is 0 Å². The van der Waals surface area contributed by atoms with E-state index in [4.69, 9.17) is 0 Å². The van der Waals surface area contributed by atoms with Gasteiger partial charge >= 0.3 is 0 Å². The SMILES string of the molecule is c1ccc(C2=NCCC(CCCCc3ccncc3)C2)nc1. The Labute approximate surface area is 132 Å². The van der Waals surface area contributed by atoms with Crippen LogP contribution in [0.5, 0.6) is 0 Å². The molecule has 3 rings (SSSR count). The first-order valence-corrected chi connectivity index (χ1v) is 8.25. The molecule has 0 saturated carbocycles. The lowest BCUT2D eigenvalue weighted by molar-refractivity contribution is 0.436. The van der Waals surface area contributed by atoms with Gasteiger partial charge in [-0.3, -0.25) is 15.0 Å². The second-order valence-electron chi connectivity index (χ2n) is 6.00. The summed E-state index contributed by atoms with van der Waals surface area (Å²) in [5.74, 6) is 0.770. The highest BCUT2D eigenvalue weighted by Gasteiger charge is 2.18. The van der Waals surface area contributed by atoms with E-state index in [1.807, 2.05) is 30.7 Å². The molecule has 22 heavy (non-hydrogen) atoms. The van der Waals surface area contributed by atoms with Gasteiger partial charge < -0.3 is 0 Å². The van der Waals surface area contributed by atoms with Crippen molar-refractivity contribution in [1.82, 2.24) is 9.97 Å². The molecule has 0 N–H and O–H groups in total. The fraction of sp³-hybridized carbons (Fsp3) is 0.421. The van der Waals surface area contributed by atoms with E-state index in [1.165, 1.54) is 37.0 Å². The van der Waals surface area contributed by atoms with E-state index in [1.54, 1.807) is 0 Å². The Morgan fingerprint density at radius 1 is 1.00 bits per heavy atom. The van der Waals surface area contributed by atoms with Gasteiger partial charge in [-0.2, -0.15) is 0 Å². The summed E-state index contributed by atoms with van der Waals surface area (Å²) < 4.78 is 0. The summed E-state index contributed by atoms with van der Waals surface area (Å²) in [6.07, 6.45) is 13.0. The van der Waals surface area contributed by atoms with Crippen LogP contribution >= 0.6 is 0 Å². The number of nitrogens with zero attached hydrogens (tertiary/aromatic N) is 3.